The normalized spacial score (nSPS) is 24.7. The van der Waals surface area contributed by atoms with Gasteiger partial charge in [-0.3, -0.25) is 9.69 Å². The van der Waals surface area contributed by atoms with Crippen molar-refractivity contribution in [3.05, 3.63) is 0 Å². The van der Waals surface area contributed by atoms with Gasteiger partial charge in [-0.1, -0.05) is 33.1 Å². The predicted octanol–water partition coefficient (Wildman–Crippen LogP) is 2.93. The van der Waals surface area contributed by atoms with E-state index in [1.807, 2.05) is 16.7 Å². The second kappa shape index (κ2) is 10.00. The van der Waals surface area contributed by atoms with E-state index in [0.29, 0.717) is 12.0 Å². The van der Waals surface area contributed by atoms with Crippen LogP contribution in [0, 0.1) is 5.92 Å². The smallest absolute Gasteiger partial charge is 0.317 e. The first-order chi connectivity index (χ1) is 12.0. The molecular weight excluding hydrogens is 318 g/mol. The predicted molar refractivity (Wildman–Crippen MR) is 98.7 cm³/mol. The van der Waals surface area contributed by atoms with Gasteiger partial charge in [-0.2, -0.15) is 0 Å². The molecule has 2 rings (SSSR count). The highest BCUT2D eigenvalue weighted by molar-refractivity contribution is 5.74. The highest BCUT2D eigenvalue weighted by Crippen LogP contribution is 2.30. The van der Waals surface area contributed by atoms with Gasteiger partial charge in [-0.05, 0) is 44.6 Å². The summed E-state index contributed by atoms with van der Waals surface area (Å²) in [6, 6.07) is 0.693. The molecule has 1 saturated heterocycles. The Balaban J connectivity index is 1.78. The van der Waals surface area contributed by atoms with Gasteiger partial charge in [0.25, 0.3) is 0 Å². The van der Waals surface area contributed by atoms with Gasteiger partial charge in [-0.15, -0.1) is 0 Å². The van der Waals surface area contributed by atoms with Gasteiger partial charge >= 0.3 is 12.0 Å². The average molecular weight is 354 g/mol. The third kappa shape index (κ3) is 5.87. The fourth-order valence-electron chi connectivity index (χ4n) is 4.40. The number of hydrogen-bond donors (Lipinski definition) is 2. The van der Waals surface area contributed by atoms with Crippen LogP contribution in [-0.2, 0) is 4.79 Å². The molecule has 1 saturated carbocycles. The van der Waals surface area contributed by atoms with Crippen LogP contribution in [0.25, 0.3) is 0 Å². The van der Waals surface area contributed by atoms with Gasteiger partial charge in [0, 0.05) is 25.2 Å². The van der Waals surface area contributed by atoms with Gasteiger partial charge in [0.05, 0.1) is 6.54 Å². The number of carboxylic acids is 1. The van der Waals surface area contributed by atoms with Gasteiger partial charge < -0.3 is 15.3 Å². The van der Waals surface area contributed by atoms with Gasteiger partial charge in [-0.25, -0.2) is 4.79 Å². The summed E-state index contributed by atoms with van der Waals surface area (Å²) in [6.45, 7) is 6.49. The number of likely N-dealkylation sites (N-methyl/N-ethyl adjacent to an activating group) is 1. The monoisotopic (exact) mass is 353 g/mol. The number of nitrogens with zero attached hydrogens (tertiary/aromatic N) is 2. The molecular formula is C19H35N3O3. The van der Waals surface area contributed by atoms with Crippen molar-refractivity contribution in [3.63, 3.8) is 0 Å². The molecule has 6 nitrogen and oxygen atoms in total. The van der Waals surface area contributed by atoms with Crippen molar-refractivity contribution < 1.29 is 14.7 Å². The summed E-state index contributed by atoms with van der Waals surface area (Å²) >= 11 is 0. The first-order valence-corrected chi connectivity index (χ1v) is 10.1. The lowest BCUT2D eigenvalue weighted by Gasteiger charge is -2.38. The zero-order chi connectivity index (χ0) is 18.2. The number of likely N-dealkylation sites (tertiary alicyclic amines) is 1. The van der Waals surface area contributed by atoms with E-state index < -0.39 is 5.97 Å². The Morgan fingerprint density at radius 2 is 1.88 bits per heavy atom. The SMILES string of the molecule is CCCCC1CCCC1NC(=O)N1CCC(N(CC)CC(=O)O)CC1. The molecule has 144 valence electrons. The zero-order valence-electron chi connectivity index (χ0n) is 15.9. The molecule has 0 aromatic carbocycles. The Labute approximate surface area is 151 Å². The van der Waals surface area contributed by atoms with E-state index in [1.54, 1.807) is 0 Å². The van der Waals surface area contributed by atoms with E-state index in [4.69, 9.17) is 5.11 Å². The molecule has 2 atom stereocenters. The van der Waals surface area contributed by atoms with Crippen molar-refractivity contribution in [2.75, 3.05) is 26.2 Å². The molecule has 0 aromatic rings. The molecule has 0 spiro atoms. The number of urea groups is 1. The van der Waals surface area contributed by atoms with Gasteiger partial charge in [0.15, 0.2) is 0 Å². The molecule has 2 fully saturated rings. The van der Waals surface area contributed by atoms with E-state index in [0.717, 1.165) is 38.9 Å². The van der Waals surface area contributed by atoms with Crippen molar-refractivity contribution in [2.45, 2.75) is 77.3 Å². The average Bonchev–Trinajstić information content (AvgIpc) is 3.04. The Bertz CT molecular complexity index is 436. The van der Waals surface area contributed by atoms with Crippen LogP contribution in [0.3, 0.4) is 0 Å². The number of carboxylic acid groups (broad SMARTS) is 1. The highest BCUT2D eigenvalue weighted by Gasteiger charge is 2.31. The maximum atomic E-state index is 12.6. The molecule has 2 N–H and O–H groups in total. The maximum absolute atomic E-state index is 12.6. The third-order valence-electron chi connectivity index (χ3n) is 5.91. The van der Waals surface area contributed by atoms with Crippen molar-refractivity contribution in [2.24, 2.45) is 5.92 Å². The van der Waals surface area contributed by atoms with Crippen LogP contribution in [0.5, 0.6) is 0 Å². The Morgan fingerprint density at radius 1 is 1.16 bits per heavy atom. The summed E-state index contributed by atoms with van der Waals surface area (Å²) < 4.78 is 0. The molecule has 1 aliphatic carbocycles. The quantitative estimate of drug-likeness (QED) is 0.704. The Kier molecular flexibility index (Phi) is 8.00. The lowest BCUT2D eigenvalue weighted by molar-refractivity contribution is -0.139. The summed E-state index contributed by atoms with van der Waals surface area (Å²) in [7, 11) is 0. The number of rotatable bonds is 8. The van der Waals surface area contributed by atoms with Crippen LogP contribution in [0.2, 0.25) is 0 Å². The number of carbonyl (C=O) groups is 2. The van der Waals surface area contributed by atoms with E-state index in [1.165, 1.54) is 32.1 Å². The fraction of sp³-hybridized carbons (Fsp3) is 0.895. The largest absolute Gasteiger partial charge is 0.480 e. The minimum Gasteiger partial charge on any atom is -0.480 e. The van der Waals surface area contributed by atoms with E-state index in [9.17, 15) is 9.59 Å². The Hall–Kier alpha value is -1.30. The lowest BCUT2D eigenvalue weighted by Crippen LogP contribution is -2.52. The van der Waals surface area contributed by atoms with Gasteiger partial charge in [0.2, 0.25) is 0 Å². The van der Waals surface area contributed by atoms with Crippen LogP contribution in [-0.4, -0.2) is 65.2 Å². The Morgan fingerprint density at radius 3 is 2.48 bits per heavy atom. The minimum atomic E-state index is -0.777. The lowest BCUT2D eigenvalue weighted by atomic mass is 9.97. The summed E-state index contributed by atoms with van der Waals surface area (Å²) in [5.74, 6) is -0.131. The third-order valence-corrected chi connectivity index (χ3v) is 5.91. The minimum absolute atomic E-state index is 0.0770. The topological polar surface area (TPSA) is 72.9 Å². The highest BCUT2D eigenvalue weighted by atomic mass is 16.4. The molecule has 2 aliphatic rings. The molecule has 1 aliphatic heterocycles. The van der Waals surface area contributed by atoms with E-state index in [2.05, 4.69) is 12.2 Å². The van der Waals surface area contributed by atoms with E-state index in [-0.39, 0.29) is 18.6 Å². The number of hydrogen-bond acceptors (Lipinski definition) is 3. The molecule has 0 aromatic heterocycles. The molecule has 6 heteroatoms. The van der Waals surface area contributed by atoms with Crippen molar-refractivity contribution in [1.29, 1.82) is 0 Å². The number of carbonyl (C=O) groups excluding carboxylic acids is 1. The number of amides is 2. The number of piperidine rings is 1. The van der Waals surface area contributed by atoms with E-state index >= 15 is 0 Å². The number of unbranched alkanes of at least 4 members (excludes halogenated alkanes) is 1. The van der Waals surface area contributed by atoms with Crippen LogP contribution in [0.1, 0.15) is 65.2 Å². The van der Waals surface area contributed by atoms with Gasteiger partial charge in [0.1, 0.15) is 0 Å². The number of nitrogens with one attached hydrogen (secondary N) is 1. The standard InChI is InChI=1S/C19H35N3O3/c1-3-5-7-15-8-6-9-17(15)20-19(25)22-12-10-16(11-13-22)21(4-2)14-18(23)24/h15-17H,3-14H2,1-2H3,(H,20,25)(H,23,24). The molecule has 1 heterocycles. The van der Waals surface area contributed by atoms with Crippen molar-refractivity contribution >= 4 is 12.0 Å². The molecule has 2 unspecified atom stereocenters. The van der Waals surface area contributed by atoms with Crippen LogP contribution >= 0.6 is 0 Å². The summed E-state index contributed by atoms with van der Waals surface area (Å²) in [6.07, 6.45) is 8.99. The summed E-state index contributed by atoms with van der Waals surface area (Å²) in [5.41, 5.74) is 0. The van der Waals surface area contributed by atoms with Crippen LogP contribution in [0.15, 0.2) is 0 Å². The maximum Gasteiger partial charge on any atom is 0.317 e. The fourth-order valence-corrected chi connectivity index (χ4v) is 4.40. The number of aliphatic carboxylic acids is 1. The van der Waals surface area contributed by atoms with Crippen molar-refractivity contribution in [3.8, 4) is 0 Å². The summed E-state index contributed by atoms with van der Waals surface area (Å²) in [4.78, 5) is 27.5. The van der Waals surface area contributed by atoms with Crippen LogP contribution < -0.4 is 5.32 Å². The molecule has 25 heavy (non-hydrogen) atoms. The first kappa shape index (κ1) is 20.0. The second-order valence-corrected chi connectivity index (χ2v) is 7.56. The molecule has 2 amide bonds. The summed E-state index contributed by atoms with van der Waals surface area (Å²) in [5, 5.41) is 12.3. The van der Waals surface area contributed by atoms with Crippen molar-refractivity contribution in [1.82, 2.24) is 15.1 Å². The first-order valence-electron chi connectivity index (χ1n) is 10.1. The molecule has 0 radical (unpaired) electrons. The zero-order valence-corrected chi connectivity index (χ0v) is 15.9. The second-order valence-electron chi connectivity index (χ2n) is 7.56. The molecule has 0 bridgehead atoms. The van der Waals surface area contributed by atoms with Crippen LogP contribution in [0.4, 0.5) is 4.79 Å².